The van der Waals surface area contributed by atoms with E-state index in [1.54, 1.807) is 0 Å². The van der Waals surface area contributed by atoms with Gasteiger partial charge in [-0.25, -0.2) is 0 Å². The van der Waals surface area contributed by atoms with Gasteiger partial charge in [-0.1, -0.05) is 30.3 Å². The molecule has 0 aliphatic carbocycles. The van der Waals surface area contributed by atoms with Crippen LogP contribution in [-0.2, 0) is 16.0 Å². The van der Waals surface area contributed by atoms with Crippen LogP contribution in [0.2, 0.25) is 0 Å². The third-order valence-corrected chi connectivity index (χ3v) is 4.18. The second-order valence-corrected chi connectivity index (χ2v) is 6.71. The van der Waals surface area contributed by atoms with E-state index < -0.39 is 6.10 Å². The highest BCUT2D eigenvalue weighted by Crippen LogP contribution is 2.07. The highest BCUT2D eigenvalue weighted by atomic mass is 16.5. The Morgan fingerprint density at radius 3 is 2.58 bits per heavy atom. The van der Waals surface area contributed by atoms with Gasteiger partial charge in [-0.05, 0) is 19.4 Å². The van der Waals surface area contributed by atoms with Crippen LogP contribution in [0.3, 0.4) is 0 Å². The monoisotopic (exact) mass is 336 g/mol. The Bertz CT molecular complexity index is 435. The van der Waals surface area contributed by atoms with Crippen molar-refractivity contribution in [3.63, 3.8) is 0 Å². The molecule has 0 radical (unpaired) electrons. The lowest BCUT2D eigenvalue weighted by Crippen LogP contribution is -2.43. The van der Waals surface area contributed by atoms with Gasteiger partial charge < -0.3 is 14.6 Å². The molecule has 1 aromatic rings. The summed E-state index contributed by atoms with van der Waals surface area (Å²) in [6.45, 7) is 11.4. The smallest absolute Gasteiger partial charge is 0.0900 e. The summed E-state index contributed by atoms with van der Waals surface area (Å²) in [4.78, 5) is 4.75. The molecule has 1 aliphatic rings. The Labute approximate surface area is 146 Å². The summed E-state index contributed by atoms with van der Waals surface area (Å²) >= 11 is 0. The van der Waals surface area contributed by atoms with Gasteiger partial charge in [0.1, 0.15) is 0 Å². The number of aliphatic hydroxyl groups is 1. The van der Waals surface area contributed by atoms with Crippen LogP contribution in [0, 0.1) is 0 Å². The molecular formula is C19H32N2O3. The second-order valence-electron chi connectivity index (χ2n) is 6.71. The maximum Gasteiger partial charge on any atom is 0.0900 e. The van der Waals surface area contributed by atoms with Crippen molar-refractivity contribution < 1.29 is 14.6 Å². The molecule has 0 amide bonds. The van der Waals surface area contributed by atoms with Crippen LogP contribution < -0.4 is 0 Å². The first-order valence-electron chi connectivity index (χ1n) is 8.99. The van der Waals surface area contributed by atoms with Crippen LogP contribution in [0.25, 0.3) is 0 Å². The highest BCUT2D eigenvalue weighted by molar-refractivity contribution is 5.14. The fraction of sp³-hybridized carbons (Fsp3) is 0.684. The lowest BCUT2D eigenvalue weighted by Gasteiger charge is -2.31. The maximum atomic E-state index is 10.3. The van der Waals surface area contributed by atoms with Gasteiger partial charge in [0.25, 0.3) is 0 Å². The fourth-order valence-electron chi connectivity index (χ4n) is 2.84. The molecule has 0 saturated carbocycles. The van der Waals surface area contributed by atoms with Crippen LogP contribution in [0.1, 0.15) is 19.4 Å². The van der Waals surface area contributed by atoms with E-state index in [9.17, 15) is 5.11 Å². The second kappa shape index (κ2) is 10.8. The zero-order valence-corrected chi connectivity index (χ0v) is 15.1. The molecule has 1 saturated heterocycles. The summed E-state index contributed by atoms with van der Waals surface area (Å²) in [6.07, 6.45) is -0.309. The van der Waals surface area contributed by atoms with Crippen molar-refractivity contribution in [2.75, 3.05) is 52.5 Å². The van der Waals surface area contributed by atoms with E-state index >= 15 is 0 Å². The lowest BCUT2D eigenvalue weighted by atomic mass is 10.2. The van der Waals surface area contributed by atoms with E-state index in [1.807, 2.05) is 19.9 Å². The largest absolute Gasteiger partial charge is 0.389 e. The van der Waals surface area contributed by atoms with Gasteiger partial charge in [-0.15, -0.1) is 0 Å². The van der Waals surface area contributed by atoms with Crippen molar-refractivity contribution in [2.24, 2.45) is 0 Å². The molecular weight excluding hydrogens is 304 g/mol. The van der Waals surface area contributed by atoms with Crippen molar-refractivity contribution in [2.45, 2.75) is 32.6 Å². The summed E-state index contributed by atoms with van der Waals surface area (Å²) < 4.78 is 11.0. The molecule has 24 heavy (non-hydrogen) atoms. The molecule has 1 heterocycles. The van der Waals surface area contributed by atoms with Gasteiger partial charge in [0.05, 0.1) is 32.0 Å². The maximum absolute atomic E-state index is 10.3. The lowest BCUT2D eigenvalue weighted by molar-refractivity contribution is -0.0129. The van der Waals surface area contributed by atoms with Gasteiger partial charge in [0, 0.05) is 39.3 Å². The number of benzene rings is 1. The van der Waals surface area contributed by atoms with E-state index in [0.29, 0.717) is 13.2 Å². The molecule has 1 atom stereocenters. The Kier molecular flexibility index (Phi) is 8.70. The summed E-state index contributed by atoms with van der Waals surface area (Å²) in [7, 11) is 0. The molecule has 1 aromatic carbocycles. The summed E-state index contributed by atoms with van der Waals surface area (Å²) in [6, 6.07) is 10.4. The van der Waals surface area contributed by atoms with E-state index in [-0.39, 0.29) is 6.10 Å². The Morgan fingerprint density at radius 2 is 1.92 bits per heavy atom. The van der Waals surface area contributed by atoms with Crippen molar-refractivity contribution in [1.29, 1.82) is 0 Å². The Balaban J connectivity index is 1.84. The number of hydrogen-bond donors (Lipinski definition) is 1. The predicted molar refractivity (Wildman–Crippen MR) is 96.1 cm³/mol. The van der Waals surface area contributed by atoms with E-state index in [4.69, 9.17) is 9.47 Å². The van der Waals surface area contributed by atoms with Crippen molar-refractivity contribution in [1.82, 2.24) is 9.80 Å². The average Bonchev–Trinajstić information content (AvgIpc) is 2.60. The third-order valence-electron chi connectivity index (χ3n) is 4.18. The molecule has 5 heteroatoms. The molecule has 1 N–H and O–H groups in total. The van der Waals surface area contributed by atoms with Crippen molar-refractivity contribution in [3.8, 4) is 0 Å². The highest BCUT2D eigenvalue weighted by Gasteiger charge is 2.16. The van der Waals surface area contributed by atoms with Gasteiger partial charge in [0.15, 0.2) is 0 Å². The first kappa shape index (κ1) is 19.3. The SMILES string of the molecule is CC(C)OC[C@H](O)CN(CCN1CCOCC1)Cc1ccccc1. The predicted octanol–water partition coefficient (Wildman–Crippen LogP) is 1.61. The van der Waals surface area contributed by atoms with E-state index in [1.165, 1.54) is 5.56 Å². The van der Waals surface area contributed by atoms with Gasteiger partial charge in [0.2, 0.25) is 0 Å². The minimum absolute atomic E-state index is 0.149. The zero-order chi connectivity index (χ0) is 17.2. The van der Waals surface area contributed by atoms with Crippen LogP contribution in [-0.4, -0.2) is 79.7 Å². The minimum atomic E-state index is -0.458. The third kappa shape index (κ3) is 7.73. The Hall–Kier alpha value is -0.980. The van der Waals surface area contributed by atoms with E-state index in [2.05, 4.69) is 34.1 Å². The van der Waals surface area contributed by atoms with Gasteiger partial charge in [-0.2, -0.15) is 0 Å². The minimum Gasteiger partial charge on any atom is -0.389 e. The average molecular weight is 336 g/mol. The molecule has 136 valence electrons. The molecule has 0 spiro atoms. The van der Waals surface area contributed by atoms with Crippen molar-refractivity contribution in [3.05, 3.63) is 35.9 Å². The summed E-state index contributed by atoms with van der Waals surface area (Å²) in [5, 5.41) is 10.3. The van der Waals surface area contributed by atoms with E-state index in [0.717, 1.165) is 45.9 Å². The first-order chi connectivity index (χ1) is 11.6. The van der Waals surface area contributed by atoms with Crippen LogP contribution in [0.4, 0.5) is 0 Å². The number of aliphatic hydroxyl groups excluding tert-OH is 1. The van der Waals surface area contributed by atoms with Crippen LogP contribution >= 0.6 is 0 Å². The molecule has 0 aromatic heterocycles. The van der Waals surface area contributed by atoms with Crippen LogP contribution in [0.5, 0.6) is 0 Å². The summed E-state index contributed by atoms with van der Waals surface area (Å²) in [5.74, 6) is 0. The first-order valence-corrected chi connectivity index (χ1v) is 8.99. The molecule has 1 aliphatic heterocycles. The number of morpholine rings is 1. The normalized spacial score (nSPS) is 17.5. The summed E-state index contributed by atoms with van der Waals surface area (Å²) in [5.41, 5.74) is 1.27. The zero-order valence-electron chi connectivity index (χ0n) is 15.1. The number of hydrogen-bond acceptors (Lipinski definition) is 5. The molecule has 0 unspecified atom stereocenters. The molecule has 1 fully saturated rings. The number of nitrogens with zero attached hydrogens (tertiary/aromatic N) is 2. The molecule has 0 bridgehead atoms. The fourth-order valence-corrected chi connectivity index (χ4v) is 2.84. The topological polar surface area (TPSA) is 45.2 Å². The van der Waals surface area contributed by atoms with Crippen molar-refractivity contribution >= 4 is 0 Å². The molecule has 2 rings (SSSR count). The number of rotatable bonds is 10. The standard InChI is InChI=1S/C19H32N2O3/c1-17(2)24-16-19(22)15-21(14-18-6-4-3-5-7-18)9-8-20-10-12-23-13-11-20/h3-7,17,19,22H,8-16H2,1-2H3/t19-/m1/s1. The van der Waals surface area contributed by atoms with Gasteiger partial charge >= 0.3 is 0 Å². The number of ether oxygens (including phenoxy) is 2. The van der Waals surface area contributed by atoms with Crippen LogP contribution in [0.15, 0.2) is 30.3 Å². The quantitative estimate of drug-likeness (QED) is 0.703. The molecule has 5 nitrogen and oxygen atoms in total. The van der Waals surface area contributed by atoms with Gasteiger partial charge in [-0.3, -0.25) is 9.80 Å². The Morgan fingerprint density at radius 1 is 1.21 bits per heavy atom.